The molecule has 1 aliphatic heterocycles. The van der Waals surface area contributed by atoms with Crippen molar-refractivity contribution in [1.82, 2.24) is 4.98 Å². The highest BCUT2D eigenvalue weighted by molar-refractivity contribution is 6.07. The van der Waals surface area contributed by atoms with Gasteiger partial charge in [-0.15, -0.1) is 0 Å². The molecule has 0 unspecified atom stereocenters. The molecule has 0 N–H and O–H groups in total. The van der Waals surface area contributed by atoms with Gasteiger partial charge in [0.2, 0.25) is 0 Å². The number of fused-ring (bicyclic) bond motifs is 1. The van der Waals surface area contributed by atoms with Gasteiger partial charge in [0, 0.05) is 18.0 Å². The van der Waals surface area contributed by atoms with E-state index < -0.39 is 11.6 Å². The van der Waals surface area contributed by atoms with Gasteiger partial charge >= 0.3 is 0 Å². The van der Waals surface area contributed by atoms with Crippen LogP contribution in [0.3, 0.4) is 0 Å². The first-order valence-corrected chi connectivity index (χ1v) is 8.07. The van der Waals surface area contributed by atoms with E-state index in [1.165, 1.54) is 18.5 Å². The van der Waals surface area contributed by atoms with Gasteiger partial charge in [-0.3, -0.25) is 9.78 Å². The van der Waals surface area contributed by atoms with Gasteiger partial charge in [0.25, 0.3) is 5.91 Å². The molecule has 0 aliphatic carbocycles. The van der Waals surface area contributed by atoms with Crippen molar-refractivity contribution in [3.63, 3.8) is 0 Å². The molecule has 0 saturated heterocycles. The van der Waals surface area contributed by atoms with Crippen LogP contribution in [0.4, 0.5) is 14.5 Å². The molecule has 0 radical (unpaired) electrons. The predicted molar refractivity (Wildman–Crippen MR) is 93.2 cm³/mol. The SMILES string of the molecule is O=C(c1cncc(-c2ccc(F)c(F)c2)c1)N1CCOc2ccccc21. The quantitative estimate of drug-likeness (QED) is 0.698. The van der Waals surface area contributed by atoms with Crippen molar-refractivity contribution in [3.8, 4) is 16.9 Å². The van der Waals surface area contributed by atoms with Crippen LogP contribution in [0.5, 0.6) is 5.75 Å². The van der Waals surface area contributed by atoms with Crippen LogP contribution in [-0.2, 0) is 0 Å². The Kier molecular flexibility index (Phi) is 4.08. The van der Waals surface area contributed by atoms with Crippen LogP contribution in [0.1, 0.15) is 10.4 Å². The molecule has 26 heavy (non-hydrogen) atoms. The topological polar surface area (TPSA) is 42.4 Å². The number of aromatic nitrogens is 1. The van der Waals surface area contributed by atoms with E-state index in [-0.39, 0.29) is 5.91 Å². The first kappa shape index (κ1) is 16.2. The van der Waals surface area contributed by atoms with Crippen molar-refractivity contribution in [1.29, 1.82) is 0 Å². The van der Waals surface area contributed by atoms with Gasteiger partial charge in [-0.05, 0) is 35.9 Å². The minimum Gasteiger partial charge on any atom is -0.490 e. The zero-order chi connectivity index (χ0) is 18.1. The van der Waals surface area contributed by atoms with Gasteiger partial charge in [0.1, 0.15) is 12.4 Å². The zero-order valence-corrected chi connectivity index (χ0v) is 13.7. The van der Waals surface area contributed by atoms with Crippen LogP contribution in [-0.4, -0.2) is 24.0 Å². The van der Waals surface area contributed by atoms with E-state index >= 15 is 0 Å². The number of halogens is 2. The number of carbonyl (C=O) groups excluding carboxylic acids is 1. The number of amides is 1. The molecule has 0 fully saturated rings. The Labute approximate surface area is 148 Å². The molecule has 6 heteroatoms. The fourth-order valence-electron chi connectivity index (χ4n) is 2.93. The normalized spacial score (nSPS) is 13.1. The molecule has 2 heterocycles. The number of hydrogen-bond donors (Lipinski definition) is 0. The van der Waals surface area contributed by atoms with E-state index in [9.17, 15) is 13.6 Å². The third-order valence-corrected chi connectivity index (χ3v) is 4.21. The maximum Gasteiger partial charge on any atom is 0.260 e. The number of rotatable bonds is 2. The molecule has 1 amide bonds. The van der Waals surface area contributed by atoms with Crippen LogP contribution >= 0.6 is 0 Å². The monoisotopic (exact) mass is 352 g/mol. The van der Waals surface area contributed by atoms with E-state index in [4.69, 9.17) is 4.74 Å². The summed E-state index contributed by atoms with van der Waals surface area (Å²) in [6, 6.07) is 12.5. The van der Waals surface area contributed by atoms with Gasteiger partial charge < -0.3 is 9.64 Å². The summed E-state index contributed by atoms with van der Waals surface area (Å²) in [6.07, 6.45) is 2.97. The van der Waals surface area contributed by atoms with E-state index in [1.54, 1.807) is 11.0 Å². The largest absolute Gasteiger partial charge is 0.490 e. The molecular weight excluding hydrogens is 338 g/mol. The molecule has 0 saturated carbocycles. The summed E-state index contributed by atoms with van der Waals surface area (Å²) in [5, 5.41) is 0. The molecule has 0 bridgehead atoms. The van der Waals surface area contributed by atoms with Crippen molar-refractivity contribution >= 4 is 11.6 Å². The van der Waals surface area contributed by atoms with E-state index in [2.05, 4.69) is 4.98 Å². The number of pyridine rings is 1. The van der Waals surface area contributed by atoms with Gasteiger partial charge in [0.15, 0.2) is 11.6 Å². The molecule has 1 aromatic heterocycles. The highest BCUT2D eigenvalue weighted by atomic mass is 19.2. The van der Waals surface area contributed by atoms with E-state index in [0.717, 1.165) is 12.1 Å². The molecule has 4 rings (SSSR count). The van der Waals surface area contributed by atoms with Crippen LogP contribution < -0.4 is 9.64 Å². The molecular formula is C20H14F2N2O2. The molecule has 4 nitrogen and oxygen atoms in total. The van der Waals surface area contributed by atoms with Crippen molar-refractivity contribution in [2.24, 2.45) is 0 Å². The van der Waals surface area contributed by atoms with Crippen molar-refractivity contribution < 1.29 is 18.3 Å². The van der Waals surface area contributed by atoms with Crippen LogP contribution in [0.25, 0.3) is 11.1 Å². The summed E-state index contributed by atoms with van der Waals surface area (Å²) in [5.41, 5.74) is 2.05. The summed E-state index contributed by atoms with van der Waals surface area (Å²) in [4.78, 5) is 18.7. The lowest BCUT2D eigenvalue weighted by molar-refractivity contribution is 0.0976. The Morgan fingerprint density at radius 3 is 2.69 bits per heavy atom. The van der Waals surface area contributed by atoms with E-state index in [1.807, 2.05) is 24.3 Å². The fraction of sp³-hybridized carbons (Fsp3) is 0.100. The number of anilines is 1. The molecule has 130 valence electrons. The number of ether oxygens (including phenoxy) is 1. The number of hydrogen-bond acceptors (Lipinski definition) is 3. The average molecular weight is 352 g/mol. The Bertz CT molecular complexity index is 991. The average Bonchev–Trinajstić information content (AvgIpc) is 2.69. The van der Waals surface area contributed by atoms with Crippen LogP contribution in [0, 0.1) is 11.6 Å². The lowest BCUT2D eigenvalue weighted by Gasteiger charge is -2.29. The first-order chi connectivity index (χ1) is 12.6. The number of carbonyl (C=O) groups is 1. The zero-order valence-electron chi connectivity index (χ0n) is 13.7. The highest BCUT2D eigenvalue weighted by Gasteiger charge is 2.24. The molecule has 2 aromatic carbocycles. The minimum absolute atomic E-state index is 0.224. The third kappa shape index (κ3) is 2.90. The molecule has 1 aliphatic rings. The Hall–Kier alpha value is -3.28. The summed E-state index contributed by atoms with van der Waals surface area (Å²) < 4.78 is 32.2. The van der Waals surface area contributed by atoms with Gasteiger partial charge in [-0.25, -0.2) is 8.78 Å². The van der Waals surface area contributed by atoms with Crippen molar-refractivity contribution in [3.05, 3.63) is 78.1 Å². The number of nitrogens with zero attached hydrogens (tertiary/aromatic N) is 2. The predicted octanol–water partition coefficient (Wildman–Crippen LogP) is 4.07. The second-order valence-electron chi connectivity index (χ2n) is 5.86. The number of para-hydroxylation sites is 2. The smallest absolute Gasteiger partial charge is 0.260 e. The molecule has 0 atom stereocenters. The number of benzene rings is 2. The van der Waals surface area contributed by atoms with Crippen molar-refractivity contribution in [2.45, 2.75) is 0 Å². The molecule has 3 aromatic rings. The Morgan fingerprint density at radius 2 is 1.85 bits per heavy atom. The summed E-state index contributed by atoms with van der Waals surface area (Å²) in [6.45, 7) is 0.824. The van der Waals surface area contributed by atoms with Gasteiger partial charge in [-0.2, -0.15) is 0 Å². The Balaban J connectivity index is 1.69. The first-order valence-electron chi connectivity index (χ1n) is 8.07. The summed E-state index contributed by atoms with van der Waals surface area (Å²) >= 11 is 0. The van der Waals surface area contributed by atoms with Crippen LogP contribution in [0.2, 0.25) is 0 Å². The highest BCUT2D eigenvalue weighted by Crippen LogP contribution is 2.32. The summed E-state index contributed by atoms with van der Waals surface area (Å²) in [7, 11) is 0. The lowest BCUT2D eigenvalue weighted by atomic mass is 10.0. The van der Waals surface area contributed by atoms with E-state index in [0.29, 0.717) is 41.3 Å². The molecule has 0 spiro atoms. The maximum absolute atomic E-state index is 13.5. The maximum atomic E-state index is 13.5. The third-order valence-electron chi connectivity index (χ3n) is 4.21. The van der Waals surface area contributed by atoms with Crippen LogP contribution in [0.15, 0.2) is 60.9 Å². The van der Waals surface area contributed by atoms with Gasteiger partial charge in [-0.1, -0.05) is 18.2 Å². The fourth-order valence-corrected chi connectivity index (χ4v) is 2.93. The minimum atomic E-state index is -0.943. The lowest BCUT2D eigenvalue weighted by Crippen LogP contribution is -2.38. The second kappa shape index (κ2) is 6.55. The summed E-state index contributed by atoms with van der Waals surface area (Å²) in [5.74, 6) is -1.44. The Morgan fingerprint density at radius 1 is 1.00 bits per heavy atom. The standard InChI is InChI=1S/C20H14F2N2O2/c21-16-6-5-13(10-17(16)22)14-9-15(12-23-11-14)20(25)24-7-8-26-19-4-2-1-3-18(19)24/h1-6,9-12H,7-8H2. The van der Waals surface area contributed by atoms with Crippen molar-refractivity contribution in [2.75, 3.05) is 18.1 Å². The van der Waals surface area contributed by atoms with Gasteiger partial charge in [0.05, 0.1) is 17.8 Å². The second-order valence-corrected chi connectivity index (χ2v) is 5.86.